The first-order valence-electron chi connectivity index (χ1n) is 7.83. The third-order valence-corrected chi connectivity index (χ3v) is 3.40. The first kappa shape index (κ1) is 16.4. The number of ether oxygens (including phenoxy) is 1. The van der Waals surface area contributed by atoms with Gasteiger partial charge in [0.2, 0.25) is 5.88 Å². The van der Waals surface area contributed by atoms with E-state index in [9.17, 15) is 0 Å². The molecule has 0 aliphatic carbocycles. The van der Waals surface area contributed by atoms with Gasteiger partial charge in [-0.25, -0.2) is 0 Å². The number of hydrogen-bond donors (Lipinski definition) is 0. The van der Waals surface area contributed by atoms with Crippen molar-refractivity contribution >= 4 is 6.72 Å². The molecule has 0 fully saturated rings. The van der Waals surface area contributed by atoms with Gasteiger partial charge in [-0.1, -0.05) is 18.2 Å². The standard InChI is InChI=1S/C20H18N4O/c1-3-7-17(14-21-2)25-20-10-6-9-19(23-20)24-13-11-16(15-24)18-8-4-5-12-22-18/h3-15H,2H2,1H3/b7-3-,17-14+. The molecule has 0 radical (unpaired) electrons. The van der Waals surface area contributed by atoms with Crippen molar-refractivity contribution < 1.29 is 4.74 Å². The summed E-state index contributed by atoms with van der Waals surface area (Å²) < 4.78 is 7.68. The van der Waals surface area contributed by atoms with Crippen LogP contribution in [0.4, 0.5) is 0 Å². The lowest BCUT2D eigenvalue weighted by molar-refractivity contribution is 0.424. The highest BCUT2D eigenvalue weighted by Crippen LogP contribution is 2.20. The number of rotatable bonds is 6. The van der Waals surface area contributed by atoms with Crippen molar-refractivity contribution in [1.82, 2.24) is 14.5 Å². The SMILES string of the molecule is C=N/C=C(\C=C/C)Oc1cccc(-n2ccc(-c3ccccn3)c2)n1. The summed E-state index contributed by atoms with van der Waals surface area (Å²) in [5.74, 6) is 1.81. The summed E-state index contributed by atoms with van der Waals surface area (Å²) in [6, 6.07) is 13.5. The molecule has 0 atom stereocenters. The van der Waals surface area contributed by atoms with Crippen LogP contribution in [0.15, 0.2) is 90.2 Å². The molecule has 124 valence electrons. The van der Waals surface area contributed by atoms with Gasteiger partial charge in [-0.15, -0.1) is 0 Å². The Kier molecular flexibility index (Phi) is 5.16. The summed E-state index contributed by atoms with van der Waals surface area (Å²) in [4.78, 5) is 12.6. The number of allylic oxidation sites excluding steroid dienone is 2. The average Bonchev–Trinajstić information content (AvgIpc) is 3.13. The maximum absolute atomic E-state index is 5.75. The molecular formula is C20H18N4O. The molecule has 5 heteroatoms. The van der Waals surface area contributed by atoms with E-state index in [0.717, 1.165) is 17.1 Å². The van der Waals surface area contributed by atoms with Gasteiger partial charge >= 0.3 is 0 Å². The number of pyridine rings is 2. The third kappa shape index (κ3) is 4.09. The summed E-state index contributed by atoms with van der Waals surface area (Å²) in [7, 11) is 0. The minimum Gasteiger partial charge on any atom is -0.437 e. The van der Waals surface area contributed by atoms with Crippen LogP contribution in [0.2, 0.25) is 0 Å². The van der Waals surface area contributed by atoms with Crippen LogP contribution in [0.1, 0.15) is 6.92 Å². The second-order valence-corrected chi connectivity index (χ2v) is 5.17. The molecule has 0 saturated heterocycles. The van der Waals surface area contributed by atoms with Crippen molar-refractivity contribution in [2.75, 3.05) is 0 Å². The fraction of sp³-hybridized carbons (Fsp3) is 0.0500. The Bertz CT molecular complexity index is 910. The fourth-order valence-electron chi connectivity index (χ4n) is 2.31. The minimum atomic E-state index is 0.485. The highest BCUT2D eigenvalue weighted by molar-refractivity contribution is 5.58. The molecule has 3 aromatic heterocycles. The second kappa shape index (κ2) is 7.88. The Hall–Kier alpha value is -3.47. The van der Waals surface area contributed by atoms with Crippen LogP contribution in [0.3, 0.4) is 0 Å². The smallest absolute Gasteiger partial charge is 0.221 e. The molecule has 5 nitrogen and oxygen atoms in total. The van der Waals surface area contributed by atoms with Gasteiger partial charge in [0.1, 0.15) is 11.6 Å². The lowest BCUT2D eigenvalue weighted by Gasteiger charge is -2.07. The first-order valence-corrected chi connectivity index (χ1v) is 7.83. The van der Waals surface area contributed by atoms with Crippen LogP contribution in [0.25, 0.3) is 17.1 Å². The highest BCUT2D eigenvalue weighted by atomic mass is 16.5. The summed E-state index contributed by atoms with van der Waals surface area (Å²) in [6.07, 6.45) is 10.9. The Labute approximate surface area is 146 Å². The summed E-state index contributed by atoms with van der Waals surface area (Å²) in [6.45, 7) is 5.36. The molecule has 0 saturated carbocycles. The van der Waals surface area contributed by atoms with Crippen molar-refractivity contribution in [3.63, 3.8) is 0 Å². The Morgan fingerprint density at radius 3 is 2.88 bits per heavy atom. The minimum absolute atomic E-state index is 0.485. The van der Waals surface area contributed by atoms with Gasteiger partial charge in [0.05, 0.1) is 11.9 Å². The van der Waals surface area contributed by atoms with Gasteiger partial charge in [-0.3, -0.25) is 9.98 Å². The Morgan fingerprint density at radius 2 is 2.12 bits per heavy atom. The topological polar surface area (TPSA) is 52.3 Å². The van der Waals surface area contributed by atoms with E-state index in [0.29, 0.717) is 11.6 Å². The van der Waals surface area contributed by atoms with E-state index >= 15 is 0 Å². The molecule has 0 N–H and O–H groups in total. The summed E-state index contributed by atoms with van der Waals surface area (Å²) >= 11 is 0. The monoisotopic (exact) mass is 330 g/mol. The van der Waals surface area contributed by atoms with Gasteiger partial charge in [0, 0.05) is 30.2 Å². The third-order valence-electron chi connectivity index (χ3n) is 3.40. The van der Waals surface area contributed by atoms with Crippen molar-refractivity contribution in [2.24, 2.45) is 4.99 Å². The number of aliphatic imine (C=N–C) groups is 1. The van der Waals surface area contributed by atoms with Crippen molar-refractivity contribution in [1.29, 1.82) is 0 Å². The largest absolute Gasteiger partial charge is 0.437 e. The summed E-state index contributed by atoms with van der Waals surface area (Å²) in [5.41, 5.74) is 1.95. The maximum Gasteiger partial charge on any atom is 0.221 e. The van der Waals surface area contributed by atoms with Gasteiger partial charge in [-0.05, 0) is 44.0 Å². The van der Waals surface area contributed by atoms with Crippen LogP contribution >= 0.6 is 0 Å². The molecule has 0 bridgehead atoms. The molecule has 3 aromatic rings. The van der Waals surface area contributed by atoms with Gasteiger partial charge in [-0.2, -0.15) is 4.98 Å². The zero-order chi connectivity index (χ0) is 17.5. The lowest BCUT2D eigenvalue weighted by atomic mass is 10.2. The Balaban J connectivity index is 1.86. The van der Waals surface area contributed by atoms with Crippen LogP contribution in [0, 0.1) is 0 Å². The predicted molar refractivity (Wildman–Crippen MR) is 99.9 cm³/mol. The van der Waals surface area contributed by atoms with Crippen LogP contribution in [0.5, 0.6) is 5.88 Å². The highest BCUT2D eigenvalue weighted by Gasteiger charge is 2.06. The van der Waals surface area contributed by atoms with E-state index in [1.807, 2.05) is 66.4 Å². The van der Waals surface area contributed by atoms with Crippen molar-refractivity contribution in [3.05, 3.63) is 85.2 Å². The zero-order valence-corrected chi connectivity index (χ0v) is 13.9. The molecule has 3 heterocycles. The van der Waals surface area contributed by atoms with E-state index in [1.165, 1.54) is 0 Å². The van der Waals surface area contributed by atoms with E-state index in [2.05, 4.69) is 21.7 Å². The van der Waals surface area contributed by atoms with Crippen molar-refractivity contribution in [3.8, 4) is 23.0 Å². The maximum atomic E-state index is 5.75. The quantitative estimate of drug-likeness (QED) is 0.382. The first-order chi connectivity index (χ1) is 12.3. The number of nitrogens with zero attached hydrogens (tertiary/aromatic N) is 4. The number of aromatic nitrogens is 3. The molecule has 0 amide bonds. The van der Waals surface area contributed by atoms with E-state index < -0.39 is 0 Å². The molecule has 0 aromatic carbocycles. The van der Waals surface area contributed by atoms with E-state index in [-0.39, 0.29) is 0 Å². The van der Waals surface area contributed by atoms with Gasteiger partial charge in [0.15, 0.2) is 0 Å². The van der Waals surface area contributed by atoms with Crippen LogP contribution in [-0.4, -0.2) is 21.3 Å². The lowest BCUT2D eigenvalue weighted by Crippen LogP contribution is -1.99. The molecule has 0 aliphatic heterocycles. The molecule has 0 unspecified atom stereocenters. The van der Waals surface area contributed by atoms with Gasteiger partial charge in [0.25, 0.3) is 0 Å². The van der Waals surface area contributed by atoms with E-state index in [1.54, 1.807) is 24.5 Å². The predicted octanol–water partition coefficient (Wildman–Crippen LogP) is 4.43. The second-order valence-electron chi connectivity index (χ2n) is 5.17. The molecule has 25 heavy (non-hydrogen) atoms. The normalized spacial score (nSPS) is 11.6. The molecule has 0 aliphatic rings. The number of hydrogen-bond acceptors (Lipinski definition) is 4. The van der Waals surface area contributed by atoms with Crippen LogP contribution < -0.4 is 4.74 Å². The van der Waals surface area contributed by atoms with Crippen molar-refractivity contribution in [2.45, 2.75) is 6.92 Å². The molecule has 3 rings (SSSR count). The zero-order valence-electron chi connectivity index (χ0n) is 13.9. The van der Waals surface area contributed by atoms with Gasteiger partial charge < -0.3 is 9.30 Å². The molecule has 0 spiro atoms. The summed E-state index contributed by atoms with van der Waals surface area (Å²) in [5, 5.41) is 0. The molecular weight excluding hydrogens is 312 g/mol. The van der Waals surface area contributed by atoms with Crippen LogP contribution in [-0.2, 0) is 0 Å². The average molecular weight is 330 g/mol. The van der Waals surface area contributed by atoms with E-state index in [4.69, 9.17) is 4.74 Å². The fourth-order valence-corrected chi connectivity index (χ4v) is 2.31. The Morgan fingerprint density at radius 1 is 1.20 bits per heavy atom.